The van der Waals surface area contributed by atoms with Crippen LogP contribution in [0.5, 0.6) is 0 Å². The molecule has 0 aromatic carbocycles. The van der Waals surface area contributed by atoms with Crippen molar-refractivity contribution in [2.24, 2.45) is 5.73 Å². The fourth-order valence-electron chi connectivity index (χ4n) is 2.47. The van der Waals surface area contributed by atoms with Crippen molar-refractivity contribution in [3.8, 4) is 0 Å². The summed E-state index contributed by atoms with van der Waals surface area (Å²) in [6, 6.07) is 2.04. The van der Waals surface area contributed by atoms with E-state index in [1.54, 1.807) is 17.7 Å². The molecule has 5 nitrogen and oxygen atoms in total. The molecule has 1 aliphatic rings. The number of rotatable bonds is 4. The molecule has 2 aromatic heterocycles. The van der Waals surface area contributed by atoms with Crippen LogP contribution >= 0.6 is 11.3 Å². The molecule has 1 saturated heterocycles. The van der Waals surface area contributed by atoms with Crippen molar-refractivity contribution in [1.82, 2.24) is 9.97 Å². The summed E-state index contributed by atoms with van der Waals surface area (Å²) in [7, 11) is 0. The number of piperidine rings is 1. The number of hydrogen-bond acceptors (Lipinski definition) is 6. The van der Waals surface area contributed by atoms with Gasteiger partial charge in [-0.1, -0.05) is 0 Å². The Morgan fingerprint density at radius 3 is 3.00 bits per heavy atom. The van der Waals surface area contributed by atoms with Crippen LogP contribution in [0.25, 0.3) is 10.2 Å². The van der Waals surface area contributed by atoms with Gasteiger partial charge in [-0.25, -0.2) is 9.97 Å². The first-order valence-electron chi connectivity index (χ1n) is 6.63. The van der Waals surface area contributed by atoms with Gasteiger partial charge in [0.1, 0.15) is 12.1 Å². The molecule has 3 rings (SSSR count). The summed E-state index contributed by atoms with van der Waals surface area (Å²) in [5, 5.41) is 2.07. The van der Waals surface area contributed by atoms with Crippen LogP contribution in [-0.4, -0.2) is 42.3 Å². The molecule has 0 saturated carbocycles. The van der Waals surface area contributed by atoms with Crippen LogP contribution in [0.1, 0.15) is 12.8 Å². The standard InChI is InChI=1S/C13H18N4OS/c14-4-7-18-10-1-5-17(6-2-10)13-12-11(3-8-19-12)15-9-16-13/h3,8-10H,1-2,4-7,14H2. The van der Waals surface area contributed by atoms with Gasteiger partial charge in [0.2, 0.25) is 0 Å². The third kappa shape index (κ3) is 2.70. The molecule has 0 unspecified atom stereocenters. The largest absolute Gasteiger partial charge is 0.377 e. The zero-order valence-corrected chi connectivity index (χ0v) is 11.6. The van der Waals surface area contributed by atoms with E-state index in [-0.39, 0.29) is 0 Å². The fourth-order valence-corrected chi connectivity index (χ4v) is 3.33. The SMILES string of the molecule is NCCOC1CCN(c2ncnc3ccsc23)CC1. The van der Waals surface area contributed by atoms with Gasteiger partial charge in [-0.15, -0.1) is 11.3 Å². The molecule has 0 radical (unpaired) electrons. The molecule has 2 aromatic rings. The first-order valence-corrected chi connectivity index (χ1v) is 7.51. The Hall–Kier alpha value is -1.24. The van der Waals surface area contributed by atoms with E-state index < -0.39 is 0 Å². The van der Waals surface area contributed by atoms with Crippen LogP contribution in [-0.2, 0) is 4.74 Å². The van der Waals surface area contributed by atoms with Crippen LogP contribution in [0.2, 0.25) is 0 Å². The van der Waals surface area contributed by atoms with Gasteiger partial charge >= 0.3 is 0 Å². The van der Waals surface area contributed by atoms with Crippen molar-refractivity contribution in [3.05, 3.63) is 17.8 Å². The third-order valence-corrected chi connectivity index (χ3v) is 4.34. The molecule has 0 bridgehead atoms. The third-order valence-electron chi connectivity index (χ3n) is 3.44. The van der Waals surface area contributed by atoms with Crippen molar-refractivity contribution in [1.29, 1.82) is 0 Å². The van der Waals surface area contributed by atoms with E-state index in [0.717, 1.165) is 37.3 Å². The number of nitrogens with two attached hydrogens (primary N) is 1. The summed E-state index contributed by atoms with van der Waals surface area (Å²) in [4.78, 5) is 11.1. The summed E-state index contributed by atoms with van der Waals surface area (Å²) in [6.07, 6.45) is 4.08. The average Bonchev–Trinajstić information content (AvgIpc) is 2.94. The number of fused-ring (bicyclic) bond motifs is 1. The van der Waals surface area contributed by atoms with Crippen LogP contribution in [0.3, 0.4) is 0 Å². The van der Waals surface area contributed by atoms with Gasteiger partial charge in [-0.05, 0) is 24.3 Å². The lowest BCUT2D eigenvalue weighted by Crippen LogP contribution is -2.38. The molecule has 0 aliphatic carbocycles. The second kappa shape index (κ2) is 5.81. The fraction of sp³-hybridized carbons (Fsp3) is 0.538. The zero-order chi connectivity index (χ0) is 13.1. The van der Waals surface area contributed by atoms with E-state index in [9.17, 15) is 0 Å². The average molecular weight is 278 g/mol. The highest BCUT2D eigenvalue weighted by molar-refractivity contribution is 7.17. The summed E-state index contributed by atoms with van der Waals surface area (Å²) >= 11 is 1.71. The van der Waals surface area contributed by atoms with E-state index in [1.165, 1.54) is 4.70 Å². The Kier molecular flexibility index (Phi) is 3.91. The molecule has 19 heavy (non-hydrogen) atoms. The zero-order valence-electron chi connectivity index (χ0n) is 10.8. The summed E-state index contributed by atoms with van der Waals surface area (Å²) in [6.45, 7) is 3.23. The van der Waals surface area contributed by atoms with Crippen LogP contribution in [0.4, 0.5) is 5.82 Å². The van der Waals surface area contributed by atoms with Gasteiger partial charge in [0.25, 0.3) is 0 Å². The van der Waals surface area contributed by atoms with E-state index in [1.807, 2.05) is 6.07 Å². The maximum atomic E-state index is 5.71. The molecule has 0 spiro atoms. The number of thiophene rings is 1. The van der Waals surface area contributed by atoms with Gasteiger partial charge in [-0.3, -0.25) is 0 Å². The van der Waals surface area contributed by atoms with Crippen LogP contribution in [0, 0.1) is 0 Å². The number of hydrogen-bond donors (Lipinski definition) is 1. The first kappa shape index (κ1) is 12.8. The quantitative estimate of drug-likeness (QED) is 0.921. The summed E-state index contributed by atoms with van der Waals surface area (Å²) < 4.78 is 6.89. The predicted molar refractivity (Wildman–Crippen MR) is 77.7 cm³/mol. The van der Waals surface area contributed by atoms with E-state index in [0.29, 0.717) is 19.3 Å². The highest BCUT2D eigenvalue weighted by Crippen LogP contribution is 2.29. The smallest absolute Gasteiger partial charge is 0.150 e. The number of aromatic nitrogens is 2. The molecular formula is C13H18N4OS. The second-order valence-electron chi connectivity index (χ2n) is 4.68. The van der Waals surface area contributed by atoms with Crippen LogP contribution in [0.15, 0.2) is 17.8 Å². The molecule has 1 fully saturated rings. The minimum Gasteiger partial charge on any atom is -0.377 e. The predicted octanol–water partition coefficient (Wildman–Crippen LogP) is 1.64. The van der Waals surface area contributed by atoms with E-state index in [2.05, 4.69) is 20.2 Å². The van der Waals surface area contributed by atoms with Gasteiger partial charge in [0.15, 0.2) is 0 Å². The highest BCUT2D eigenvalue weighted by Gasteiger charge is 2.22. The number of anilines is 1. The molecule has 1 aliphatic heterocycles. The molecule has 0 atom stereocenters. The number of nitrogens with zero attached hydrogens (tertiary/aromatic N) is 3. The Morgan fingerprint density at radius 1 is 1.37 bits per heavy atom. The van der Waals surface area contributed by atoms with Gasteiger partial charge < -0.3 is 15.4 Å². The Morgan fingerprint density at radius 2 is 2.21 bits per heavy atom. The molecule has 0 amide bonds. The van der Waals surface area contributed by atoms with Gasteiger partial charge in [-0.2, -0.15) is 0 Å². The first-order chi connectivity index (χ1) is 9.38. The van der Waals surface area contributed by atoms with Crippen LogP contribution < -0.4 is 10.6 Å². The molecule has 2 N–H and O–H groups in total. The molecule has 3 heterocycles. The van der Waals surface area contributed by atoms with E-state index in [4.69, 9.17) is 10.5 Å². The maximum Gasteiger partial charge on any atom is 0.150 e. The lowest BCUT2D eigenvalue weighted by Gasteiger charge is -2.32. The van der Waals surface area contributed by atoms with Crippen molar-refractivity contribution in [2.75, 3.05) is 31.1 Å². The minimum absolute atomic E-state index is 0.348. The summed E-state index contributed by atoms with van der Waals surface area (Å²) in [5.74, 6) is 1.07. The van der Waals surface area contributed by atoms with Crippen molar-refractivity contribution in [3.63, 3.8) is 0 Å². The lowest BCUT2D eigenvalue weighted by molar-refractivity contribution is 0.0421. The maximum absolute atomic E-state index is 5.71. The highest BCUT2D eigenvalue weighted by atomic mass is 32.1. The molecule has 6 heteroatoms. The lowest BCUT2D eigenvalue weighted by atomic mass is 10.1. The Bertz CT molecular complexity index is 536. The molecular weight excluding hydrogens is 260 g/mol. The van der Waals surface area contributed by atoms with Crippen molar-refractivity contribution < 1.29 is 4.74 Å². The van der Waals surface area contributed by atoms with Crippen molar-refractivity contribution >= 4 is 27.4 Å². The number of ether oxygens (including phenoxy) is 1. The Balaban J connectivity index is 1.69. The van der Waals surface area contributed by atoms with Crippen molar-refractivity contribution in [2.45, 2.75) is 18.9 Å². The normalized spacial score (nSPS) is 17.2. The van der Waals surface area contributed by atoms with Gasteiger partial charge in [0.05, 0.1) is 22.9 Å². The summed E-state index contributed by atoms with van der Waals surface area (Å²) in [5.41, 5.74) is 6.50. The monoisotopic (exact) mass is 278 g/mol. The topological polar surface area (TPSA) is 64.3 Å². The van der Waals surface area contributed by atoms with Gasteiger partial charge in [0, 0.05) is 19.6 Å². The molecule has 102 valence electrons. The second-order valence-corrected chi connectivity index (χ2v) is 5.59. The van der Waals surface area contributed by atoms with E-state index >= 15 is 0 Å². The Labute approximate surface area is 116 Å². The minimum atomic E-state index is 0.348.